The third-order valence-electron chi connectivity index (χ3n) is 3.03. The van der Waals surface area contributed by atoms with Crippen LogP contribution in [0.5, 0.6) is 0 Å². The second-order valence-electron chi connectivity index (χ2n) is 4.24. The average molecular weight is 295 g/mol. The van der Waals surface area contributed by atoms with E-state index in [1.54, 1.807) is 0 Å². The highest BCUT2D eigenvalue weighted by atomic mass is 79.9. The van der Waals surface area contributed by atoms with Crippen molar-refractivity contribution >= 4 is 21.6 Å². The molecular formula is C13H15BrN2O. The van der Waals surface area contributed by atoms with Gasteiger partial charge in [-0.1, -0.05) is 0 Å². The molecule has 0 spiro atoms. The topological polar surface area (TPSA) is 45.0 Å². The van der Waals surface area contributed by atoms with Crippen molar-refractivity contribution in [1.29, 1.82) is 5.26 Å². The summed E-state index contributed by atoms with van der Waals surface area (Å²) in [6.07, 6.45) is 2.26. The second kappa shape index (κ2) is 6.04. The molecule has 17 heavy (non-hydrogen) atoms. The molecule has 0 radical (unpaired) electrons. The van der Waals surface area contributed by atoms with Crippen LogP contribution in [0.25, 0.3) is 0 Å². The standard InChI is InChI=1S/C13H15BrN2O/c14-13-7-12(2-1-11(13)8-15)16-9-10-3-5-17-6-4-10/h1-2,7,10,16H,3-6,9H2. The second-order valence-corrected chi connectivity index (χ2v) is 5.10. The molecule has 2 rings (SSSR count). The molecule has 1 aliphatic rings. The van der Waals surface area contributed by atoms with Crippen LogP contribution >= 0.6 is 15.9 Å². The maximum atomic E-state index is 8.83. The molecule has 0 aliphatic carbocycles. The minimum absolute atomic E-state index is 0.668. The van der Waals surface area contributed by atoms with Crippen LogP contribution in [0, 0.1) is 17.2 Å². The molecule has 0 aromatic heterocycles. The van der Waals surface area contributed by atoms with Crippen molar-refractivity contribution < 1.29 is 4.74 Å². The molecular weight excluding hydrogens is 280 g/mol. The highest BCUT2D eigenvalue weighted by molar-refractivity contribution is 9.10. The van der Waals surface area contributed by atoms with Crippen LogP contribution < -0.4 is 5.32 Å². The van der Waals surface area contributed by atoms with Crippen molar-refractivity contribution in [2.24, 2.45) is 5.92 Å². The predicted molar refractivity (Wildman–Crippen MR) is 70.9 cm³/mol. The molecule has 0 amide bonds. The number of nitrogens with zero attached hydrogens (tertiary/aromatic N) is 1. The summed E-state index contributed by atoms with van der Waals surface area (Å²) in [5.74, 6) is 0.693. The van der Waals surface area contributed by atoms with E-state index in [2.05, 4.69) is 27.3 Å². The zero-order valence-corrected chi connectivity index (χ0v) is 11.2. The fourth-order valence-electron chi connectivity index (χ4n) is 1.93. The first-order valence-electron chi connectivity index (χ1n) is 5.81. The molecule has 1 saturated heterocycles. The highest BCUT2D eigenvalue weighted by Crippen LogP contribution is 2.22. The lowest BCUT2D eigenvalue weighted by Gasteiger charge is -2.22. The Kier molecular flexibility index (Phi) is 4.41. The van der Waals surface area contributed by atoms with Crippen molar-refractivity contribution in [2.75, 3.05) is 25.1 Å². The van der Waals surface area contributed by atoms with Crippen molar-refractivity contribution in [3.63, 3.8) is 0 Å². The summed E-state index contributed by atoms with van der Waals surface area (Å²) < 4.78 is 6.17. The van der Waals surface area contributed by atoms with Gasteiger partial charge in [0.1, 0.15) is 6.07 Å². The normalized spacial score (nSPS) is 16.5. The van der Waals surface area contributed by atoms with Crippen molar-refractivity contribution in [2.45, 2.75) is 12.8 Å². The Labute approximate surface area is 110 Å². The van der Waals surface area contributed by atoms with Gasteiger partial charge < -0.3 is 10.1 Å². The fraction of sp³-hybridized carbons (Fsp3) is 0.462. The van der Waals surface area contributed by atoms with Crippen LogP contribution in [-0.4, -0.2) is 19.8 Å². The molecule has 1 aromatic rings. The van der Waals surface area contributed by atoms with Crippen molar-refractivity contribution in [1.82, 2.24) is 0 Å². The largest absolute Gasteiger partial charge is 0.385 e. The highest BCUT2D eigenvalue weighted by Gasteiger charge is 2.13. The average Bonchev–Trinajstić information content (AvgIpc) is 2.38. The molecule has 0 bridgehead atoms. The Morgan fingerprint density at radius 1 is 1.41 bits per heavy atom. The Hall–Kier alpha value is -1.05. The van der Waals surface area contributed by atoms with Gasteiger partial charge in [0.15, 0.2) is 0 Å². The number of anilines is 1. The number of rotatable bonds is 3. The third kappa shape index (κ3) is 3.45. The molecule has 4 heteroatoms. The monoisotopic (exact) mass is 294 g/mol. The molecule has 90 valence electrons. The van der Waals surface area contributed by atoms with Gasteiger partial charge in [0.2, 0.25) is 0 Å². The summed E-state index contributed by atoms with van der Waals surface area (Å²) in [7, 11) is 0. The number of nitrogens with one attached hydrogen (secondary N) is 1. The van der Waals surface area contributed by atoms with Crippen molar-refractivity contribution in [3.05, 3.63) is 28.2 Å². The molecule has 1 aliphatic heterocycles. The Morgan fingerprint density at radius 3 is 2.82 bits per heavy atom. The zero-order chi connectivity index (χ0) is 12.1. The molecule has 1 heterocycles. The van der Waals surface area contributed by atoms with Gasteiger partial charge in [-0.3, -0.25) is 0 Å². The summed E-state index contributed by atoms with van der Waals surface area (Å²) >= 11 is 3.39. The lowest BCUT2D eigenvalue weighted by molar-refractivity contribution is 0.0699. The van der Waals surface area contributed by atoms with Gasteiger partial charge >= 0.3 is 0 Å². The maximum Gasteiger partial charge on any atom is 0.100 e. The first-order chi connectivity index (χ1) is 8.29. The van der Waals surface area contributed by atoms with Gasteiger partial charge in [-0.15, -0.1) is 0 Å². The van der Waals surface area contributed by atoms with E-state index in [0.717, 1.165) is 42.8 Å². The van der Waals surface area contributed by atoms with Gasteiger partial charge in [0.25, 0.3) is 0 Å². The molecule has 0 unspecified atom stereocenters. The van der Waals surface area contributed by atoms with Gasteiger partial charge in [0.05, 0.1) is 5.56 Å². The minimum Gasteiger partial charge on any atom is -0.385 e. The van der Waals surface area contributed by atoms with Crippen molar-refractivity contribution in [3.8, 4) is 6.07 Å². The van der Waals surface area contributed by atoms with Gasteiger partial charge in [-0.25, -0.2) is 0 Å². The lowest BCUT2D eigenvalue weighted by Crippen LogP contribution is -2.22. The summed E-state index contributed by atoms with van der Waals surface area (Å²) in [6.45, 7) is 2.73. The summed E-state index contributed by atoms with van der Waals surface area (Å²) in [5, 5.41) is 12.2. The minimum atomic E-state index is 0.668. The van der Waals surface area contributed by atoms with E-state index in [0.29, 0.717) is 11.5 Å². The molecule has 1 N–H and O–H groups in total. The number of nitriles is 1. The Balaban J connectivity index is 1.90. The van der Waals surface area contributed by atoms with E-state index in [4.69, 9.17) is 10.00 Å². The van der Waals surface area contributed by atoms with Gasteiger partial charge in [-0.2, -0.15) is 5.26 Å². The number of hydrogen-bond donors (Lipinski definition) is 1. The van der Waals surface area contributed by atoms with E-state index < -0.39 is 0 Å². The Morgan fingerprint density at radius 2 is 2.18 bits per heavy atom. The molecule has 3 nitrogen and oxygen atoms in total. The summed E-state index contributed by atoms with van der Waals surface area (Å²) in [4.78, 5) is 0. The van der Waals surface area contributed by atoms with Crippen LogP contribution in [0.4, 0.5) is 5.69 Å². The van der Waals surface area contributed by atoms with E-state index in [1.165, 1.54) is 0 Å². The van der Waals surface area contributed by atoms with Crippen LogP contribution in [0.1, 0.15) is 18.4 Å². The molecule has 1 fully saturated rings. The number of benzene rings is 1. The van der Waals surface area contributed by atoms with Crippen LogP contribution in [0.3, 0.4) is 0 Å². The van der Waals surface area contributed by atoms with Crippen LogP contribution in [0.15, 0.2) is 22.7 Å². The van der Waals surface area contributed by atoms with E-state index in [-0.39, 0.29) is 0 Å². The van der Waals surface area contributed by atoms with Gasteiger partial charge in [-0.05, 0) is 52.9 Å². The van der Waals surface area contributed by atoms with E-state index in [1.807, 2.05) is 18.2 Å². The first-order valence-corrected chi connectivity index (χ1v) is 6.60. The Bertz CT molecular complexity index is 422. The van der Waals surface area contributed by atoms with E-state index >= 15 is 0 Å². The molecule has 0 atom stereocenters. The van der Waals surface area contributed by atoms with Crippen LogP contribution in [-0.2, 0) is 4.74 Å². The van der Waals surface area contributed by atoms with Crippen LogP contribution in [0.2, 0.25) is 0 Å². The number of hydrogen-bond acceptors (Lipinski definition) is 3. The SMILES string of the molecule is N#Cc1ccc(NCC2CCOCC2)cc1Br. The number of ether oxygens (including phenoxy) is 1. The zero-order valence-electron chi connectivity index (χ0n) is 9.58. The lowest BCUT2D eigenvalue weighted by atomic mass is 10.0. The predicted octanol–water partition coefficient (Wildman–Crippen LogP) is 3.16. The summed E-state index contributed by atoms with van der Waals surface area (Å²) in [6, 6.07) is 7.87. The first kappa shape index (κ1) is 12.4. The number of halogens is 1. The summed E-state index contributed by atoms with van der Waals surface area (Å²) in [5.41, 5.74) is 1.73. The fourth-order valence-corrected chi connectivity index (χ4v) is 2.40. The molecule has 1 aromatic carbocycles. The molecule has 0 saturated carbocycles. The van der Waals surface area contributed by atoms with E-state index in [9.17, 15) is 0 Å². The van der Waals surface area contributed by atoms with Gasteiger partial charge in [0, 0.05) is 29.9 Å². The third-order valence-corrected chi connectivity index (χ3v) is 3.68. The smallest absolute Gasteiger partial charge is 0.100 e. The quantitative estimate of drug-likeness (QED) is 0.931. The maximum absolute atomic E-state index is 8.83.